The van der Waals surface area contributed by atoms with Gasteiger partial charge >= 0.3 is 5.97 Å². The molecule has 1 amide bonds. The number of hydrogen-bond acceptors (Lipinski definition) is 4. The quantitative estimate of drug-likeness (QED) is 0.704. The van der Waals surface area contributed by atoms with E-state index >= 15 is 0 Å². The SMILES string of the molecule is CC(=O)O[C@H](C[C@@H]1C[C@H](NC(=O)CF)C[C@H](C(C)(C)C)O1)C1CCCCC1. The average Bonchev–Trinajstić information content (AvgIpc) is 2.60. The normalized spacial score (nSPS) is 28.4. The first-order valence-electron chi connectivity index (χ1n) is 10.4. The van der Waals surface area contributed by atoms with Crippen LogP contribution in [0.4, 0.5) is 4.39 Å². The second-order valence-corrected chi connectivity index (χ2v) is 9.26. The summed E-state index contributed by atoms with van der Waals surface area (Å²) in [6, 6.07) is -0.111. The first-order chi connectivity index (χ1) is 12.7. The van der Waals surface area contributed by atoms with Crippen molar-refractivity contribution < 1.29 is 23.5 Å². The molecule has 1 N–H and O–H groups in total. The Bertz CT molecular complexity index is 499. The molecule has 0 bridgehead atoms. The van der Waals surface area contributed by atoms with Crippen molar-refractivity contribution in [2.24, 2.45) is 11.3 Å². The van der Waals surface area contributed by atoms with E-state index in [2.05, 4.69) is 26.1 Å². The molecule has 0 spiro atoms. The summed E-state index contributed by atoms with van der Waals surface area (Å²) in [5.74, 6) is -0.451. The molecule has 6 heteroatoms. The number of esters is 1. The maximum atomic E-state index is 12.7. The highest BCUT2D eigenvalue weighted by Gasteiger charge is 2.39. The van der Waals surface area contributed by atoms with Gasteiger partial charge in [0, 0.05) is 19.4 Å². The molecule has 1 aliphatic heterocycles. The van der Waals surface area contributed by atoms with Gasteiger partial charge in [-0.3, -0.25) is 9.59 Å². The predicted molar refractivity (Wildman–Crippen MR) is 102 cm³/mol. The Hall–Kier alpha value is -1.17. The van der Waals surface area contributed by atoms with Crippen molar-refractivity contribution in [3.8, 4) is 0 Å². The largest absolute Gasteiger partial charge is 0.462 e. The molecular weight excluding hydrogens is 349 g/mol. The minimum Gasteiger partial charge on any atom is -0.462 e. The zero-order chi connectivity index (χ0) is 20.0. The fraction of sp³-hybridized carbons (Fsp3) is 0.905. The van der Waals surface area contributed by atoms with Crippen molar-refractivity contribution in [2.75, 3.05) is 6.67 Å². The Balaban J connectivity index is 2.08. The van der Waals surface area contributed by atoms with Crippen molar-refractivity contribution in [3.63, 3.8) is 0 Å². The molecule has 0 aromatic heterocycles. The van der Waals surface area contributed by atoms with E-state index in [0.717, 1.165) is 12.8 Å². The molecule has 5 nitrogen and oxygen atoms in total. The van der Waals surface area contributed by atoms with Crippen molar-refractivity contribution in [1.29, 1.82) is 0 Å². The van der Waals surface area contributed by atoms with Gasteiger partial charge in [-0.2, -0.15) is 0 Å². The number of amides is 1. The first kappa shape index (κ1) is 22.1. The smallest absolute Gasteiger partial charge is 0.302 e. The van der Waals surface area contributed by atoms with Gasteiger partial charge in [0.05, 0.1) is 12.2 Å². The summed E-state index contributed by atoms with van der Waals surface area (Å²) in [6.07, 6.45) is 7.39. The molecule has 1 saturated heterocycles. The highest BCUT2D eigenvalue weighted by atomic mass is 19.1. The van der Waals surface area contributed by atoms with E-state index in [0.29, 0.717) is 25.2 Å². The molecule has 0 unspecified atom stereocenters. The number of ether oxygens (including phenoxy) is 2. The number of carbonyl (C=O) groups excluding carboxylic acids is 2. The minimum atomic E-state index is -1.000. The van der Waals surface area contributed by atoms with Crippen LogP contribution in [0.1, 0.15) is 79.1 Å². The molecule has 2 fully saturated rings. The zero-order valence-corrected chi connectivity index (χ0v) is 17.3. The molecule has 4 atom stereocenters. The predicted octanol–water partition coefficient (Wildman–Crippen LogP) is 3.94. The maximum Gasteiger partial charge on any atom is 0.302 e. The van der Waals surface area contributed by atoms with Gasteiger partial charge in [-0.1, -0.05) is 40.0 Å². The number of halogens is 1. The number of nitrogens with one attached hydrogen (secondary N) is 1. The van der Waals surface area contributed by atoms with Crippen LogP contribution < -0.4 is 5.32 Å². The van der Waals surface area contributed by atoms with Crippen LogP contribution in [0.15, 0.2) is 0 Å². The monoisotopic (exact) mass is 385 g/mol. The molecule has 2 aliphatic rings. The van der Waals surface area contributed by atoms with Crippen LogP contribution in [0.25, 0.3) is 0 Å². The van der Waals surface area contributed by atoms with E-state index in [1.807, 2.05) is 0 Å². The summed E-state index contributed by atoms with van der Waals surface area (Å²) in [7, 11) is 0. The zero-order valence-electron chi connectivity index (χ0n) is 17.3. The summed E-state index contributed by atoms with van der Waals surface area (Å²) in [5, 5.41) is 2.79. The molecule has 1 saturated carbocycles. The van der Waals surface area contributed by atoms with Crippen molar-refractivity contribution >= 4 is 11.9 Å². The van der Waals surface area contributed by atoms with Gasteiger partial charge in [0.25, 0.3) is 5.91 Å². The van der Waals surface area contributed by atoms with E-state index in [4.69, 9.17) is 9.47 Å². The lowest BCUT2D eigenvalue weighted by Gasteiger charge is -2.43. The molecule has 0 aromatic carbocycles. The first-order valence-corrected chi connectivity index (χ1v) is 10.4. The fourth-order valence-corrected chi connectivity index (χ4v) is 4.42. The van der Waals surface area contributed by atoms with Crippen LogP contribution in [0.3, 0.4) is 0 Å². The van der Waals surface area contributed by atoms with E-state index in [-0.39, 0.29) is 35.7 Å². The van der Waals surface area contributed by atoms with Gasteiger partial charge in [0.15, 0.2) is 6.67 Å². The average molecular weight is 386 g/mol. The lowest BCUT2D eigenvalue weighted by atomic mass is 9.79. The molecule has 1 heterocycles. The minimum absolute atomic E-state index is 0.0366. The Labute approximate surface area is 162 Å². The molecular formula is C21H36FNO4. The lowest BCUT2D eigenvalue weighted by molar-refractivity contribution is -0.159. The van der Waals surface area contributed by atoms with Gasteiger partial charge in [-0.25, -0.2) is 4.39 Å². The van der Waals surface area contributed by atoms with Crippen LogP contribution in [0.2, 0.25) is 0 Å². The molecule has 1 aliphatic carbocycles. The topological polar surface area (TPSA) is 64.6 Å². The standard InChI is InChI=1S/C21H36FNO4/c1-14(24)26-18(15-8-6-5-7-9-15)12-17-10-16(23-20(25)13-22)11-19(27-17)21(2,3)4/h15-19H,5-13H2,1-4H3,(H,23,25)/t16-,17-,18+,19+/m0/s1. The third-order valence-electron chi connectivity index (χ3n) is 5.84. The van der Waals surface area contributed by atoms with E-state index in [1.165, 1.54) is 26.2 Å². The van der Waals surface area contributed by atoms with Crippen LogP contribution >= 0.6 is 0 Å². The summed E-state index contributed by atoms with van der Waals surface area (Å²) in [6.45, 7) is 6.79. The van der Waals surface area contributed by atoms with E-state index in [1.54, 1.807) is 0 Å². The number of alkyl halides is 1. The van der Waals surface area contributed by atoms with Crippen molar-refractivity contribution in [1.82, 2.24) is 5.32 Å². The Morgan fingerprint density at radius 1 is 1.19 bits per heavy atom. The Kier molecular flexibility index (Phi) is 8.07. The number of hydrogen-bond donors (Lipinski definition) is 1. The Morgan fingerprint density at radius 2 is 1.85 bits per heavy atom. The third-order valence-corrected chi connectivity index (χ3v) is 5.84. The number of carbonyl (C=O) groups is 2. The highest BCUT2D eigenvalue weighted by molar-refractivity contribution is 5.77. The second kappa shape index (κ2) is 9.85. The van der Waals surface area contributed by atoms with Crippen LogP contribution in [0.5, 0.6) is 0 Å². The van der Waals surface area contributed by atoms with Gasteiger partial charge < -0.3 is 14.8 Å². The second-order valence-electron chi connectivity index (χ2n) is 9.26. The Morgan fingerprint density at radius 3 is 2.41 bits per heavy atom. The summed E-state index contributed by atoms with van der Waals surface area (Å²) < 4.78 is 24.7. The molecule has 2 rings (SSSR count). The van der Waals surface area contributed by atoms with Gasteiger partial charge in [-0.05, 0) is 37.0 Å². The van der Waals surface area contributed by atoms with Crippen molar-refractivity contribution in [3.05, 3.63) is 0 Å². The van der Waals surface area contributed by atoms with Gasteiger partial charge in [0.1, 0.15) is 6.10 Å². The van der Waals surface area contributed by atoms with Gasteiger partial charge in [-0.15, -0.1) is 0 Å². The number of rotatable bonds is 6. The van der Waals surface area contributed by atoms with Crippen LogP contribution in [-0.4, -0.2) is 42.9 Å². The summed E-state index contributed by atoms with van der Waals surface area (Å²) in [4.78, 5) is 23.2. The molecule has 0 radical (unpaired) electrons. The van der Waals surface area contributed by atoms with Crippen molar-refractivity contribution in [2.45, 2.75) is 103 Å². The summed E-state index contributed by atoms with van der Waals surface area (Å²) >= 11 is 0. The molecule has 0 aromatic rings. The van der Waals surface area contributed by atoms with Crippen LogP contribution in [-0.2, 0) is 19.1 Å². The van der Waals surface area contributed by atoms with E-state index < -0.39 is 12.6 Å². The maximum absolute atomic E-state index is 12.7. The summed E-state index contributed by atoms with van der Waals surface area (Å²) in [5.41, 5.74) is -0.0842. The molecule has 27 heavy (non-hydrogen) atoms. The van der Waals surface area contributed by atoms with Gasteiger partial charge in [0.2, 0.25) is 0 Å². The fourth-order valence-electron chi connectivity index (χ4n) is 4.42. The highest BCUT2D eigenvalue weighted by Crippen LogP contribution is 2.36. The van der Waals surface area contributed by atoms with E-state index in [9.17, 15) is 14.0 Å². The lowest BCUT2D eigenvalue weighted by Crippen LogP contribution is -2.50. The van der Waals surface area contributed by atoms with Crippen LogP contribution in [0, 0.1) is 11.3 Å². The third kappa shape index (κ3) is 7.05. The molecule has 156 valence electrons.